The van der Waals surface area contributed by atoms with Crippen molar-refractivity contribution in [3.05, 3.63) is 42.7 Å². The lowest BCUT2D eigenvalue weighted by Gasteiger charge is -2.31. The minimum absolute atomic E-state index is 0.181. The largest absolute Gasteiger partial charge is 0.417 e. The molecule has 1 atom stereocenters. The summed E-state index contributed by atoms with van der Waals surface area (Å²) in [6.07, 6.45) is 6.89. The highest BCUT2D eigenvalue weighted by Gasteiger charge is 2.38. The number of aromatic nitrogens is 5. The molecule has 4 heterocycles. The van der Waals surface area contributed by atoms with Gasteiger partial charge in [0.05, 0.1) is 6.20 Å². The maximum Gasteiger partial charge on any atom is 0.266 e. The fraction of sp³-hybridized carbons (Fsp3) is 0.412. The zero-order valence-corrected chi connectivity index (χ0v) is 15.7. The molecule has 1 aliphatic rings. The molecule has 9 nitrogen and oxygen atoms in total. The predicted octanol–water partition coefficient (Wildman–Crippen LogP) is 2.26. The molecule has 10 heteroatoms. The summed E-state index contributed by atoms with van der Waals surface area (Å²) in [6.45, 7) is 2.92. The van der Waals surface area contributed by atoms with Gasteiger partial charge in [-0.3, -0.25) is 9.67 Å². The van der Waals surface area contributed by atoms with Crippen LogP contribution in [0.1, 0.15) is 38.1 Å². The molecule has 0 spiro atoms. The summed E-state index contributed by atoms with van der Waals surface area (Å²) < 4.78 is 35.1. The molecule has 0 saturated carbocycles. The van der Waals surface area contributed by atoms with E-state index < -0.39 is 16.1 Å². The first-order valence-corrected chi connectivity index (χ1v) is 10.3. The highest BCUT2D eigenvalue weighted by atomic mass is 32.2. The molecule has 3 aromatic heterocycles. The van der Waals surface area contributed by atoms with E-state index in [1.54, 1.807) is 29.2 Å². The molecule has 3 aromatic rings. The van der Waals surface area contributed by atoms with Crippen molar-refractivity contribution in [2.45, 2.75) is 43.7 Å². The third kappa shape index (κ3) is 3.37. The van der Waals surface area contributed by atoms with Gasteiger partial charge in [-0.1, -0.05) is 12.5 Å². The Morgan fingerprint density at radius 2 is 2.15 bits per heavy atom. The second-order valence-electron chi connectivity index (χ2n) is 6.32. The van der Waals surface area contributed by atoms with Crippen LogP contribution in [-0.4, -0.2) is 44.2 Å². The van der Waals surface area contributed by atoms with Crippen molar-refractivity contribution in [2.24, 2.45) is 0 Å². The Hall–Kier alpha value is -2.59. The SMILES string of the molecule is CCn1cc(S(=O)(=O)N2CCCC[C@@H]2c2nnc(-c3ccccn3)o2)cn1. The van der Waals surface area contributed by atoms with Crippen LogP contribution in [0.15, 0.2) is 46.1 Å². The number of sulfonamides is 1. The van der Waals surface area contributed by atoms with Crippen LogP contribution in [0.2, 0.25) is 0 Å². The smallest absolute Gasteiger partial charge is 0.266 e. The van der Waals surface area contributed by atoms with E-state index in [0.29, 0.717) is 31.1 Å². The third-order valence-electron chi connectivity index (χ3n) is 4.60. The van der Waals surface area contributed by atoms with Crippen molar-refractivity contribution in [3.8, 4) is 11.6 Å². The summed E-state index contributed by atoms with van der Waals surface area (Å²) in [7, 11) is -3.70. The van der Waals surface area contributed by atoms with Gasteiger partial charge in [0.2, 0.25) is 15.9 Å². The van der Waals surface area contributed by atoms with Crippen molar-refractivity contribution < 1.29 is 12.8 Å². The minimum atomic E-state index is -3.70. The van der Waals surface area contributed by atoms with Crippen molar-refractivity contribution in [2.75, 3.05) is 6.54 Å². The molecular formula is C17H20N6O3S. The Bertz CT molecular complexity index is 1010. The standard InChI is InChI=1S/C17H20N6O3S/c1-2-22-12-13(11-19-22)27(24,25)23-10-6-4-8-15(23)17-21-20-16(26-17)14-7-3-5-9-18-14/h3,5,7,9,11-12,15H,2,4,6,8,10H2,1H3/t15-/m1/s1. The molecule has 142 valence electrons. The van der Waals surface area contributed by atoms with E-state index in [4.69, 9.17) is 4.42 Å². The first-order chi connectivity index (χ1) is 13.1. The molecule has 0 N–H and O–H groups in total. The van der Waals surface area contributed by atoms with Gasteiger partial charge in [0.1, 0.15) is 16.6 Å². The second-order valence-corrected chi connectivity index (χ2v) is 8.21. The molecule has 27 heavy (non-hydrogen) atoms. The number of nitrogens with zero attached hydrogens (tertiary/aromatic N) is 6. The van der Waals surface area contributed by atoms with Crippen LogP contribution in [0.4, 0.5) is 0 Å². The second kappa shape index (κ2) is 7.20. The van der Waals surface area contributed by atoms with Crippen LogP contribution in [-0.2, 0) is 16.6 Å². The lowest BCUT2D eigenvalue weighted by molar-refractivity contribution is 0.220. The lowest BCUT2D eigenvalue weighted by atomic mass is 10.1. The van der Waals surface area contributed by atoms with Gasteiger partial charge in [-0.25, -0.2) is 8.42 Å². The molecule has 0 radical (unpaired) electrons. The summed E-state index contributed by atoms with van der Waals surface area (Å²) in [5.74, 6) is 0.578. The maximum absolute atomic E-state index is 13.1. The molecule has 1 fully saturated rings. The zero-order chi connectivity index (χ0) is 18.9. The van der Waals surface area contributed by atoms with Gasteiger partial charge in [0.15, 0.2) is 0 Å². The van der Waals surface area contributed by atoms with E-state index in [1.165, 1.54) is 10.5 Å². The Labute approximate surface area is 157 Å². The molecule has 1 saturated heterocycles. The van der Waals surface area contributed by atoms with Crippen molar-refractivity contribution in [1.82, 2.24) is 29.3 Å². The Balaban J connectivity index is 1.66. The van der Waals surface area contributed by atoms with E-state index in [9.17, 15) is 8.42 Å². The first-order valence-electron chi connectivity index (χ1n) is 8.88. The van der Waals surface area contributed by atoms with Crippen LogP contribution in [0.25, 0.3) is 11.6 Å². The number of hydrogen-bond donors (Lipinski definition) is 0. The zero-order valence-electron chi connectivity index (χ0n) is 14.9. The van der Waals surface area contributed by atoms with Crippen LogP contribution in [0.5, 0.6) is 0 Å². The summed E-state index contributed by atoms with van der Waals surface area (Å²) in [5, 5.41) is 12.3. The molecule has 0 amide bonds. The topological polar surface area (TPSA) is 107 Å². The van der Waals surface area contributed by atoms with Gasteiger partial charge in [0.25, 0.3) is 5.89 Å². The average Bonchev–Trinajstić information content (AvgIpc) is 3.39. The first kappa shape index (κ1) is 17.8. The normalized spacial score (nSPS) is 18.6. The van der Waals surface area contributed by atoms with E-state index >= 15 is 0 Å². The monoisotopic (exact) mass is 388 g/mol. The molecule has 0 aliphatic carbocycles. The van der Waals surface area contributed by atoms with Crippen molar-refractivity contribution >= 4 is 10.0 Å². The van der Waals surface area contributed by atoms with Gasteiger partial charge in [-0.05, 0) is 31.9 Å². The maximum atomic E-state index is 13.1. The number of pyridine rings is 1. The van der Waals surface area contributed by atoms with Gasteiger partial charge in [0, 0.05) is 25.5 Å². The van der Waals surface area contributed by atoms with E-state index in [1.807, 2.05) is 13.0 Å². The molecule has 0 unspecified atom stereocenters. The third-order valence-corrected chi connectivity index (χ3v) is 6.46. The van der Waals surface area contributed by atoms with Crippen LogP contribution < -0.4 is 0 Å². The van der Waals surface area contributed by atoms with Crippen LogP contribution in [0.3, 0.4) is 0 Å². The minimum Gasteiger partial charge on any atom is -0.417 e. The summed E-state index contributed by atoms with van der Waals surface area (Å²) in [6, 6.07) is 4.91. The average molecular weight is 388 g/mol. The Kier molecular flexibility index (Phi) is 4.75. The van der Waals surface area contributed by atoms with Crippen molar-refractivity contribution in [3.63, 3.8) is 0 Å². The van der Waals surface area contributed by atoms with Gasteiger partial charge in [-0.15, -0.1) is 10.2 Å². The highest BCUT2D eigenvalue weighted by molar-refractivity contribution is 7.89. The molecular weight excluding hydrogens is 368 g/mol. The summed E-state index contributed by atoms with van der Waals surface area (Å²) in [4.78, 5) is 4.38. The summed E-state index contributed by atoms with van der Waals surface area (Å²) in [5.41, 5.74) is 0.561. The molecule has 4 rings (SSSR count). The van der Waals surface area contributed by atoms with Gasteiger partial charge in [-0.2, -0.15) is 9.40 Å². The Morgan fingerprint density at radius 1 is 1.26 bits per heavy atom. The summed E-state index contributed by atoms with van der Waals surface area (Å²) >= 11 is 0. The van der Waals surface area contributed by atoms with Gasteiger partial charge < -0.3 is 4.42 Å². The number of piperidine rings is 1. The predicted molar refractivity (Wildman–Crippen MR) is 95.9 cm³/mol. The van der Waals surface area contributed by atoms with Gasteiger partial charge >= 0.3 is 0 Å². The number of aryl methyl sites for hydroxylation is 1. The van der Waals surface area contributed by atoms with E-state index in [0.717, 1.165) is 12.8 Å². The van der Waals surface area contributed by atoms with Crippen molar-refractivity contribution in [1.29, 1.82) is 0 Å². The molecule has 1 aliphatic heterocycles. The van der Waals surface area contributed by atoms with E-state index in [-0.39, 0.29) is 10.8 Å². The quantitative estimate of drug-likeness (QED) is 0.660. The molecule has 0 bridgehead atoms. The van der Waals surface area contributed by atoms with E-state index in [2.05, 4.69) is 20.3 Å². The Morgan fingerprint density at radius 3 is 2.89 bits per heavy atom. The highest BCUT2D eigenvalue weighted by Crippen LogP contribution is 2.35. The lowest BCUT2D eigenvalue weighted by Crippen LogP contribution is -2.38. The molecule has 0 aromatic carbocycles. The fourth-order valence-electron chi connectivity index (χ4n) is 3.19. The van der Waals surface area contributed by atoms with Crippen LogP contribution in [0, 0.1) is 0 Å². The fourth-order valence-corrected chi connectivity index (χ4v) is 4.79. The number of rotatable bonds is 5. The number of hydrogen-bond acceptors (Lipinski definition) is 7. The van der Waals surface area contributed by atoms with Crippen LogP contribution >= 0.6 is 0 Å².